The number of H-pyrrole nitrogens is 2. The molecule has 1 fully saturated rings. The number of nitrogens with zero attached hydrogens (tertiary/aromatic N) is 2. The summed E-state index contributed by atoms with van der Waals surface area (Å²) >= 11 is 0. The predicted molar refractivity (Wildman–Crippen MR) is 88.9 cm³/mol. The minimum Gasteiger partial charge on any atom is -0.371 e. The van der Waals surface area contributed by atoms with Crippen molar-refractivity contribution in [1.82, 2.24) is 15.2 Å². The fraction of sp³-hybridized carbons (Fsp3) is 0.278. The highest BCUT2D eigenvalue weighted by Gasteiger charge is 2.23. The van der Waals surface area contributed by atoms with E-state index in [-0.39, 0.29) is 0 Å². The minimum atomic E-state index is -0.802. The van der Waals surface area contributed by atoms with Crippen LogP contribution in [-0.2, 0) is 0 Å². The molecule has 4 rings (SSSR count). The zero-order valence-corrected chi connectivity index (χ0v) is 13.1. The fourth-order valence-electron chi connectivity index (χ4n) is 3.31. The number of hydrogen-bond acceptors (Lipinski definition) is 2. The van der Waals surface area contributed by atoms with Gasteiger partial charge in [-0.2, -0.15) is 5.10 Å². The molecule has 0 unspecified atom stereocenters. The molecule has 0 amide bonds. The summed E-state index contributed by atoms with van der Waals surface area (Å²) in [6.45, 7) is 1.63. The minimum absolute atomic E-state index is 0.409. The molecule has 2 N–H and O–H groups in total. The molecule has 3 aromatic rings. The lowest BCUT2D eigenvalue weighted by Gasteiger charge is -2.33. The van der Waals surface area contributed by atoms with Crippen molar-refractivity contribution in [3.8, 4) is 11.3 Å². The fourth-order valence-corrected chi connectivity index (χ4v) is 3.31. The second-order valence-electron chi connectivity index (χ2n) is 6.17. The molecule has 0 aliphatic carbocycles. The van der Waals surface area contributed by atoms with Gasteiger partial charge in [-0.05, 0) is 37.1 Å². The van der Waals surface area contributed by atoms with Gasteiger partial charge in [0.05, 0.1) is 5.69 Å². The molecular formula is C18H18F2N4. The van der Waals surface area contributed by atoms with E-state index in [0.29, 0.717) is 5.92 Å². The van der Waals surface area contributed by atoms with E-state index in [4.69, 9.17) is 0 Å². The van der Waals surface area contributed by atoms with Crippen LogP contribution >= 0.6 is 0 Å². The van der Waals surface area contributed by atoms with Gasteiger partial charge in [-0.1, -0.05) is 0 Å². The molecule has 2 aromatic heterocycles. The van der Waals surface area contributed by atoms with Crippen LogP contribution < -0.4 is 4.90 Å². The van der Waals surface area contributed by atoms with Gasteiger partial charge in [-0.25, -0.2) is 8.78 Å². The average Bonchev–Trinajstić information content (AvgIpc) is 3.28. The predicted octanol–water partition coefficient (Wildman–Crippen LogP) is 4.07. The van der Waals surface area contributed by atoms with Gasteiger partial charge in [0, 0.05) is 54.4 Å². The van der Waals surface area contributed by atoms with Crippen LogP contribution in [0.3, 0.4) is 0 Å². The van der Waals surface area contributed by atoms with Crippen LogP contribution in [0.5, 0.6) is 0 Å². The first-order valence-corrected chi connectivity index (χ1v) is 8.09. The van der Waals surface area contributed by atoms with Crippen molar-refractivity contribution in [3.63, 3.8) is 0 Å². The smallest absolute Gasteiger partial charge is 0.160 e. The summed E-state index contributed by atoms with van der Waals surface area (Å²) < 4.78 is 26.5. The quantitative estimate of drug-likeness (QED) is 0.761. The summed E-state index contributed by atoms with van der Waals surface area (Å²) in [5, 5.41) is 7.53. The Balaban J connectivity index is 1.43. The number of piperidine rings is 1. The monoisotopic (exact) mass is 328 g/mol. The van der Waals surface area contributed by atoms with Gasteiger partial charge in [-0.15, -0.1) is 0 Å². The number of anilines is 1. The van der Waals surface area contributed by atoms with Crippen molar-refractivity contribution in [2.45, 2.75) is 18.8 Å². The van der Waals surface area contributed by atoms with Gasteiger partial charge in [0.15, 0.2) is 11.6 Å². The Morgan fingerprint density at radius 2 is 1.88 bits per heavy atom. The third-order valence-electron chi connectivity index (χ3n) is 4.69. The van der Waals surface area contributed by atoms with Crippen LogP contribution in [0.4, 0.5) is 14.5 Å². The number of halogens is 2. The van der Waals surface area contributed by atoms with Gasteiger partial charge in [0.2, 0.25) is 0 Å². The molecule has 4 nitrogen and oxygen atoms in total. The molecule has 24 heavy (non-hydrogen) atoms. The van der Waals surface area contributed by atoms with Crippen molar-refractivity contribution < 1.29 is 8.78 Å². The highest BCUT2D eigenvalue weighted by atomic mass is 19.2. The topological polar surface area (TPSA) is 47.7 Å². The molecule has 0 atom stereocenters. The van der Waals surface area contributed by atoms with Crippen molar-refractivity contribution in [1.29, 1.82) is 0 Å². The van der Waals surface area contributed by atoms with Gasteiger partial charge in [0.1, 0.15) is 0 Å². The number of aromatic nitrogens is 3. The van der Waals surface area contributed by atoms with Crippen LogP contribution in [0.15, 0.2) is 42.7 Å². The zero-order valence-electron chi connectivity index (χ0n) is 13.1. The van der Waals surface area contributed by atoms with E-state index in [1.807, 2.05) is 18.5 Å². The number of hydrogen-bond donors (Lipinski definition) is 2. The Morgan fingerprint density at radius 3 is 2.58 bits per heavy atom. The third kappa shape index (κ3) is 2.79. The van der Waals surface area contributed by atoms with E-state index in [0.717, 1.165) is 48.6 Å². The van der Waals surface area contributed by atoms with E-state index in [1.165, 1.54) is 12.1 Å². The lowest BCUT2D eigenvalue weighted by Crippen LogP contribution is -2.33. The number of nitrogens with one attached hydrogen (secondary N) is 2. The lowest BCUT2D eigenvalue weighted by molar-refractivity contribution is 0.489. The van der Waals surface area contributed by atoms with E-state index in [1.54, 1.807) is 6.07 Å². The molecule has 0 bridgehead atoms. The van der Waals surface area contributed by atoms with Gasteiger partial charge >= 0.3 is 0 Å². The van der Waals surface area contributed by atoms with E-state index in [2.05, 4.69) is 26.1 Å². The van der Waals surface area contributed by atoms with E-state index in [9.17, 15) is 8.78 Å². The third-order valence-corrected chi connectivity index (χ3v) is 4.69. The normalized spacial score (nSPS) is 15.8. The van der Waals surface area contributed by atoms with Crippen LogP contribution in [-0.4, -0.2) is 28.3 Å². The van der Waals surface area contributed by atoms with Gasteiger partial charge < -0.3 is 9.88 Å². The highest BCUT2D eigenvalue weighted by Crippen LogP contribution is 2.31. The molecule has 1 aromatic carbocycles. The molecular weight excluding hydrogens is 310 g/mol. The molecule has 6 heteroatoms. The number of rotatable bonds is 3. The second-order valence-corrected chi connectivity index (χ2v) is 6.17. The van der Waals surface area contributed by atoms with Crippen molar-refractivity contribution >= 4 is 5.69 Å². The first-order valence-electron chi connectivity index (χ1n) is 8.09. The van der Waals surface area contributed by atoms with Crippen molar-refractivity contribution in [2.24, 2.45) is 0 Å². The van der Waals surface area contributed by atoms with Gasteiger partial charge in [0.25, 0.3) is 0 Å². The van der Waals surface area contributed by atoms with Crippen molar-refractivity contribution in [2.75, 3.05) is 18.0 Å². The molecule has 1 saturated heterocycles. The second kappa shape index (κ2) is 6.11. The lowest BCUT2D eigenvalue weighted by atomic mass is 9.93. The molecule has 0 radical (unpaired) electrons. The maximum Gasteiger partial charge on any atom is 0.160 e. The average molecular weight is 328 g/mol. The van der Waals surface area contributed by atoms with Crippen LogP contribution in [0, 0.1) is 11.6 Å². The summed E-state index contributed by atoms with van der Waals surface area (Å²) in [6.07, 6.45) is 5.71. The molecule has 124 valence electrons. The highest BCUT2D eigenvalue weighted by molar-refractivity contribution is 5.58. The van der Waals surface area contributed by atoms with E-state index >= 15 is 0 Å². The maximum atomic E-state index is 13.4. The molecule has 3 heterocycles. The first kappa shape index (κ1) is 14.9. The summed E-state index contributed by atoms with van der Waals surface area (Å²) in [7, 11) is 0. The standard InChI is InChI=1S/C18H18F2N4/c19-15-2-1-14(9-16(15)20)24-7-4-12(5-8-24)17-10-18(23-22-17)13-3-6-21-11-13/h1-3,6,9-12,21H,4-5,7-8H2,(H,22,23). The Kier molecular flexibility index (Phi) is 3.80. The van der Waals surface area contributed by atoms with Crippen LogP contribution in [0.25, 0.3) is 11.3 Å². The Labute approximate surface area is 138 Å². The SMILES string of the molecule is Fc1ccc(N2CCC(c3cc(-c4cc[nH]c4)n[nH]3)CC2)cc1F. The molecule has 1 aliphatic heterocycles. The maximum absolute atomic E-state index is 13.4. The summed E-state index contributed by atoms with van der Waals surface area (Å²) in [6, 6.07) is 8.19. The Hall–Kier alpha value is -2.63. The first-order chi connectivity index (χ1) is 11.7. The Bertz CT molecular complexity index is 817. The van der Waals surface area contributed by atoms with Gasteiger partial charge in [-0.3, -0.25) is 5.10 Å². The molecule has 0 spiro atoms. The summed E-state index contributed by atoms with van der Waals surface area (Å²) in [4.78, 5) is 5.13. The summed E-state index contributed by atoms with van der Waals surface area (Å²) in [5.74, 6) is -1.19. The number of benzene rings is 1. The zero-order chi connectivity index (χ0) is 16.5. The Morgan fingerprint density at radius 1 is 1.04 bits per heavy atom. The van der Waals surface area contributed by atoms with Crippen LogP contribution in [0.2, 0.25) is 0 Å². The van der Waals surface area contributed by atoms with Crippen LogP contribution in [0.1, 0.15) is 24.5 Å². The summed E-state index contributed by atoms with van der Waals surface area (Å²) in [5.41, 5.74) is 3.88. The van der Waals surface area contributed by atoms with E-state index < -0.39 is 11.6 Å². The number of aromatic amines is 2. The largest absolute Gasteiger partial charge is 0.371 e. The van der Waals surface area contributed by atoms with Crippen molar-refractivity contribution in [3.05, 3.63) is 60.1 Å². The molecule has 1 aliphatic rings. The molecule has 0 saturated carbocycles.